The molecule has 0 unspecified atom stereocenters. The normalized spacial score (nSPS) is 16.9. The van der Waals surface area contributed by atoms with Gasteiger partial charge in [0.2, 0.25) is 0 Å². The highest BCUT2D eigenvalue weighted by Crippen LogP contribution is 2.47. The molecule has 0 amide bonds. The number of benzene rings is 1. The molecule has 2 rings (SSSR count). The van der Waals surface area contributed by atoms with E-state index in [-0.39, 0.29) is 11.2 Å². The molecule has 0 radical (unpaired) electrons. The van der Waals surface area contributed by atoms with Crippen molar-refractivity contribution in [1.29, 1.82) is 0 Å². The number of ether oxygens (including phenoxy) is 1. The lowest BCUT2D eigenvalue weighted by Gasteiger charge is -2.12. The molecule has 16 heavy (non-hydrogen) atoms. The van der Waals surface area contributed by atoms with Crippen LogP contribution in [0.1, 0.15) is 23.2 Å². The molecule has 0 atom stereocenters. The molecule has 1 aromatic rings. The summed E-state index contributed by atoms with van der Waals surface area (Å²) in [5.41, 5.74) is 5.92. The number of nitrogens with two attached hydrogens (primary N) is 1. The number of methoxy groups -OCH3 is 1. The first kappa shape index (κ1) is 11.4. The molecule has 0 bridgehead atoms. The van der Waals surface area contributed by atoms with E-state index in [9.17, 15) is 4.79 Å². The lowest BCUT2D eigenvalue weighted by atomic mass is 9.95. The Bertz CT molecular complexity index is 427. The smallest absolute Gasteiger partial charge is 0.170 e. The van der Waals surface area contributed by atoms with Gasteiger partial charge in [0.25, 0.3) is 0 Å². The van der Waals surface area contributed by atoms with E-state index in [1.165, 1.54) is 0 Å². The summed E-state index contributed by atoms with van der Waals surface area (Å²) in [5, 5.41) is 0.459. The van der Waals surface area contributed by atoms with Crippen LogP contribution < -0.4 is 10.5 Å². The maximum absolute atomic E-state index is 12.1. The number of carbonyl (C=O) groups is 1. The molecule has 0 spiro atoms. The van der Waals surface area contributed by atoms with Crippen LogP contribution in [0.3, 0.4) is 0 Å². The van der Waals surface area contributed by atoms with Gasteiger partial charge in [-0.2, -0.15) is 0 Å². The van der Waals surface area contributed by atoms with E-state index < -0.39 is 0 Å². The van der Waals surface area contributed by atoms with Crippen molar-refractivity contribution in [3.05, 3.63) is 28.8 Å². The average molecular weight is 240 g/mol. The van der Waals surface area contributed by atoms with Crippen LogP contribution in [0, 0.1) is 5.41 Å². The molecule has 0 aliphatic heterocycles. The van der Waals surface area contributed by atoms with E-state index in [0.717, 1.165) is 12.8 Å². The Labute approximate surface area is 99.5 Å². The topological polar surface area (TPSA) is 52.3 Å². The second-order valence-corrected chi connectivity index (χ2v) is 4.57. The molecule has 3 nitrogen and oxygen atoms in total. The Kier molecular flexibility index (Phi) is 2.91. The van der Waals surface area contributed by atoms with E-state index in [4.69, 9.17) is 22.1 Å². The second-order valence-electron chi connectivity index (χ2n) is 4.16. The monoisotopic (exact) mass is 239 g/mol. The van der Waals surface area contributed by atoms with Crippen LogP contribution in [-0.4, -0.2) is 19.4 Å². The summed E-state index contributed by atoms with van der Waals surface area (Å²) in [6.07, 6.45) is 1.76. The Hall–Kier alpha value is -1.06. The number of ketones is 1. The summed E-state index contributed by atoms with van der Waals surface area (Å²) in [4.78, 5) is 12.1. The fraction of sp³-hybridized carbons (Fsp3) is 0.417. The minimum atomic E-state index is -0.322. The van der Waals surface area contributed by atoms with Crippen LogP contribution in [0.5, 0.6) is 5.75 Å². The van der Waals surface area contributed by atoms with Crippen LogP contribution in [0.2, 0.25) is 5.02 Å². The van der Waals surface area contributed by atoms with Gasteiger partial charge in [-0.25, -0.2) is 0 Å². The Morgan fingerprint density at radius 3 is 2.69 bits per heavy atom. The van der Waals surface area contributed by atoms with Crippen molar-refractivity contribution in [3.8, 4) is 5.75 Å². The Morgan fingerprint density at radius 1 is 1.56 bits per heavy atom. The summed E-state index contributed by atoms with van der Waals surface area (Å²) < 4.78 is 5.04. The molecule has 1 aliphatic rings. The van der Waals surface area contributed by atoms with Gasteiger partial charge in [0, 0.05) is 17.5 Å². The third kappa shape index (κ3) is 1.81. The van der Waals surface area contributed by atoms with Gasteiger partial charge >= 0.3 is 0 Å². The summed E-state index contributed by atoms with van der Waals surface area (Å²) in [5.74, 6) is 0.676. The van der Waals surface area contributed by atoms with Crippen molar-refractivity contribution in [2.75, 3.05) is 13.7 Å². The first-order valence-electron chi connectivity index (χ1n) is 5.21. The number of hydrogen-bond donors (Lipinski definition) is 1. The van der Waals surface area contributed by atoms with Crippen molar-refractivity contribution in [2.45, 2.75) is 12.8 Å². The van der Waals surface area contributed by atoms with E-state index in [1.54, 1.807) is 25.3 Å². The van der Waals surface area contributed by atoms with Gasteiger partial charge in [-0.15, -0.1) is 0 Å². The van der Waals surface area contributed by atoms with Crippen LogP contribution >= 0.6 is 11.6 Å². The first-order valence-corrected chi connectivity index (χ1v) is 5.59. The quantitative estimate of drug-likeness (QED) is 0.820. The highest BCUT2D eigenvalue weighted by atomic mass is 35.5. The van der Waals surface area contributed by atoms with Gasteiger partial charge in [-0.1, -0.05) is 11.6 Å². The van der Waals surface area contributed by atoms with E-state index in [1.807, 2.05) is 0 Å². The maximum atomic E-state index is 12.1. The zero-order valence-corrected chi connectivity index (χ0v) is 9.88. The average Bonchev–Trinajstić information content (AvgIpc) is 3.09. The Morgan fingerprint density at radius 2 is 2.25 bits per heavy atom. The predicted molar refractivity (Wildman–Crippen MR) is 63.1 cm³/mol. The van der Waals surface area contributed by atoms with Crippen molar-refractivity contribution >= 4 is 17.4 Å². The van der Waals surface area contributed by atoms with Crippen molar-refractivity contribution in [2.24, 2.45) is 11.1 Å². The molecule has 1 fully saturated rings. The predicted octanol–water partition coefficient (Wildman–Crippen LogP) is 2.27. The molecule has 0 heterocycles. The molecular weight excluding hydrogens is 226 g/mol. The minimum Gasteiger partial charge on any atom is -0.495 e. The van der Waals surface area contributed by atoms with Gasteiger partial charge in [0.15, 0.2) is 5.78 Å². The zero-order chi connectivity index (χ0) is 11.8. The van der Waals surface area contributed by atoms with Gasteiger partial charge in [0.1, 0.15) is 5.75 Å². The van der Waals surface area contributed by atoms with E-state index in [0.29, 0.717) is 22.9 Å². The van der Waals surface area contributed by atoms with Gasteiger partial charge < -0.3 is 10.5 Å². The minimum absolute atomic E-state index is 0.0968. The van der Waals surface area contributed by atoms with Crippen LogP contribution in [0.25, 0.3) is 0 Å². The lowest BCUT2D eigenvalue weighted by Crippen LogP contribution is -2.25. The van der Waals surface area contributed by atoms with Crippen molar-refractivity contribution < 1.29 is 9.53 Å². The van der Waals surface area contributed by atoms with Gasteiger partial charge in [-0.05, 0) is 31.0 Å². The zero-order valence-electron chi connectivity index (χ0n) is 9.13. The molecular formula is C12H14ClNO2. The number of rotatable bonds is 4. The molecule has 0 aromatic heterocycles. The van der Waals surface area contributed by atoms with Crippen molar-refractivity contribution in [3.63, 3.8) is 0 Å². The number of hydrogen-bond acceptors (Lipinski definition) is 3. The highest BCUT2D eigenvalue weighted by Gasteiger charge is 2.48. The van der Waals surface area contributed by atoms with Crippen LogP contribution in [0.4, 0.5) is 0 Å². The Balaban J connectivity index is 2.28. The summed E-state index contributed by atoms with van der Waals surface area (Å²) >= 11 is 5.98. The van der Waals surface area contributed by atoms with Crippen molar-refractivity contribution in [1.82, 2.24) is 0 Å². The first-order chi connectivity index (χ1) is 7.63. The molecule has 1 aromatic carbocycles. The van der Waals surface area contributed by atoms with E-state index in [2.05, 4.69) is 0 Å². The molecule has 0 saturated heterocycles. The molecule has 4 heteroatoms. The van der Waals surface area contributed by atoms with Gasteiger partial charge in [0.05, 0.1) is 12.1 Å². The SMILES string of the molecule is COc1ccc(C(=O)C2(CN)CC2)cc1Cl. The fourth-order valence-electron chi connectivity index (χ4n) is 1.79. The van der Waals surface area contributed by atoms with Gasteiger partial charge in [-0.3, -0.25) is 4.79 Å². The summed E-state index contributed by atoms with van der Waals surface area (Å²) in [6.45, 7) is 0.412. The largest absolute Gasteiger partial charge is 0.495 e. The molecule has 1 saturated carbocycles. The highest BCUT2D eigenvalue weighted by molar-refractivity contribution is 6.32. The number of halogens is 1. The standard InChI is InChI=1S/C12H14ClNO2/c1-16-10-3-2-8(6-9(10)13)11(15)12(7-14)4-5-12/h2-3,6H,4-5,7,14H2,1H3. The third-order valence-electron chi connectivity index (χ3n) is 3.14. The fourth-order valence-corrected chi connectivity index (χ4v) is 2.05. The summed E-state index contributed by atoms with van der Waals surface area (Å²) in [7, 11) is 1.55. The molecule has 1 aliphatic carbocycles. The number of Topliss-reactive ketones (excluding diaryl/α,β-unsaturated/α-hetero) is 1. The van der Waals surface area contributed by atoms with E-state index >= 15 is 0 Å². The lowest BCUT2D eigenvalue weighted by molar-refractivity contribution is 0.0905. The maximum Gasteiger partial charge on any atom is 0.170 e. The summed E-state index contributed by atoms with van der Waals surface area (Å²) in [6, 6.07) is 5.10. The molecule has 86 valence electrons. The van der Waals surface area contributed by atoms with Crippen LogP contribution in [-0.2, 0) is 0 Å². The third-order valence-corrected chi connectivity index (χ3v) is 3.44. The number of carbonyl (C=O) groups excluding carboxylic acids is 1. The van der Waals surface area contributed by atoms with Crippen LogP contribution in [0.15, 0.2) is 18.2 Å². The molecule has 2 N–H and O–H groups in total. The second kappa shape index (κ2) is 4.07.